The summed E-state index contributed by atoms with van der Waals surface area (Å²) in [5, 5.41) is 10.7. The van der Waals surface area contributed by atoms with Crippen LogP contribution >= 0.6 is 11.8 Å². The van der Waals surface area contributed by atoms with Gasteiger partial charge >= 0.3 is 0 Å². The molecule has 0 aliphatic carbocycles. The molecule has 1 amide bonds. The van der Waals surface area contributed by atoms with Crippen molar-refractivity contribution in [1.29, 1.82) is 0 Å². The molecule has 0 unspecified atom stereocenters. The van der Waals surface area contributed by atoms with E-state index in [0.717, 1.165) is 28.5 Å². The zero-order chi connectivity index (χ0) is 18.9. The van der Waals surface area contributed by atoms with E-state index in [1.165, 1.54) is 0 Å². The third kappa shape index (κ3) is 4.64. The van der Waals surface area contributed by atoms with Crippen LogP contribution in [-0.2, 0) is 14.6 Å². The lowest BCUT2D eigenvalue weighted by Crippen LogP contribution is -2.39. The molecule has 0 saturated carbocycles. The molecule has 2 aromatic rings. The number of sulfone groups is 1. The molecule has 1 aromatic carbocycles. The first-order valence-corrected chi connectivity index (χ1v) is 11.0. The maximum absolute atomic E-state index is 12.3. The smallest absolute Gasteiger partial charge is 0.277 e. The van der Waals surface area contributed by atoms with Gasteiger partial charge in [-0.15, -0.1) is 10.2 Å². The van der Waals surface area contributed by atoms with E-state index in [9.17, 15) is 13.2 Å². The van der Waals surface area contributed by atoms with Crippen LogP contribution in [0.2, 0.25) is 0 Å². The van der Waals surface area contributed by atoms with Crippen molar-refractivity contribution in [3.05, 3.63) is 29.3 Å². The number of amides is 1. The molecule has 7 nitrogen and oxygen atoms in total. The summed E-state index contributed by atoms with van der Waals surface area (Å²) in [5.74, 6) is 0.313. The molecule has 1 fully saturated rings. The van der Waals surface area contributed by atoms with Gasteiger partial charge in [0.1, 0.15) is 0 Å². The molecular formula is C17H21N3O4S2. The third-order valence-corrected chi connectivity index (χ3v) is 6.80. The van der Waals surface area contributed by atoms with E-state index in [1.54, 1.807) is 6.92 Å². The van der Waals surface area contributed by atoms with E-state index in [1.807, 2.05) is 26.0 Å². The maximum atomic E-state index is 12.3. The minimum atomic E-state index is -3.02. The predicted octanol–water partition coefficient (Wildman–Crippen LogP) is 2.14. The molecule has 0 radical (unpaired) electrons. The van der Waals surface area contributed by atoms with Crippen molar-refractivity contribution in [3.63, 3.8) is 0 Å². The number of hydrogen-bond donors (Lipinski definition) is 1. The van der Waals surface area contributed by atoms with Crippen molar-refractivity contribution < 1.29 is 17.6 Å². The molecule has 1 aromatic heterocycles. The zero-order valence-electron chi connectivity index (χ0n) is 14.9. The van der Waals surface area contributed by atoms with Gasteiger partial charge < -0.3 is 9.73 Å². The van der Waals surface area contributed by atoms with Crippen molar-refractivity contribution in [2.75, 3.05) is 11.5 Å². The van der Waals surface area contributed by atoms with Crippen molar-refractivity contribution >= 4 is 27.5 Å². The van der Waals surface area contributed by atoms with Crippen LogP contribution in [0.3, 0.4) is 0 Å². The maximum Gasteiger partial charge on any atom is 0.277 e. The summed E-state index contributed by atoms with van der Waals surface area (Å²) in [6.07, 6.45) is 0.461. The molecule has 140 valence electrons. The SMILES string of the molecule is Cc1cc(C)cc(-c2nnc(S[C@H](C)C(=O)N[C@@H]3CCS(=O)(=O)C3)o2)c1. The number of hydrogen-bond acceptors (Lipinski definition) is 7. The number of rotatable bonds is 5. The Morgan fingerprint density at radius 3 is 2.58 bits per heavy atom. The Kier molecular flexibility index (Phi) is 5.38. The molecule has 1 aliphatic heterocycles. The molecular weight excluding hydrogens is 374 g/mol. The van der Waals surface area contributed by atoms with Crippen LogP contribution < -0.4 is 5.32 Å². The number of benzene rings is 1. The highest BCUT2D eigenvalue weighted by Gasteiger charge is 2.30. The Morgan fingerprint density at radius 2 is 1.96 bits per heavy atom. The summed E-state index contributed by atoms with van der Waals surface area (Å²) in [4.78, 5) is 12.3. The summed E-state index contributed by atoms with van der Waals surface area (Å²) in [6.45, 7) is 5.72. The third-order valence-electron chi connectivity index (χ3n) is 4.10. The number of nitrogens with one attached hydrogen (secondary N) is 1. The number of thioether (sulfide) groups is 1. The van der Waals surface area contributed by atoms with Crippen molar-refractivity contribution in [2.24, 2.45) is 0 Å². The average Bonchev–Trinajstić information content (AvgIpc) is 3.12. The van der Waals surface area contributed by atoms with Crippen LogP contribution in [0.15, 0.2) is 27.8 Å². The highest BCUT2D eigenvalue weighted by atomic mass is 32.2. The lowest BCUT2D eigenvalue weighted by Gasteiger charge is -2.14. The summed E-state index contributed by atoms with van der Waals surface area (Å²) in [6, 6.07) is 5.67. The highest BCUT2D eigenvalue weighted by molar-refractivity contribution is 8.00. The second-order valence-corrected chi connectivity index (χ2v) is 10.1. The van der Waals surface area contributed by atoms with E-state index in [4.69, 9.17) is 4.42 Å². The predicted molar refractivity (Wildman–Crippen MR) is 99.7 cm³/mol. The van der Waals surface area contributed by atoms with Gasteiger partial charge in [-0.1, -0.05) is 29.0 Å². The van der Waals surface area contributed by atoms with E-state index in [2.05, 4.69) is 21.6 Å². The van der Waals surface area contributed by atoms with Gasteiger partial charge in [-0.05, 0) is 39.3 Å². The molecule has 1 aliphatic rings. The number of nitrogens with zero attached hydrogens (tertiary/aromatic N) is 2. The zero-order valence-corrected chi connectivity index (χ0v) is 16.5. The lowest BCUT2D eigenvalue weighted by molar-refractivity contribution is -0.120. The Labute approximate surface area is 156 Å². The normalized spacial score (nSPS) is 20.0. The fraction of sp³-hybridized carbons (Fsp3) is 0.471. The Morgan fingerprint density at radius 1 is 1.27 bits per heavy atom. The monoisotopic (exact) mass is 395 g/mol. The standard InChI is InChI=1S/C17H21N3O4S2/c1-10-6-11(2)8-13(7-10)16-19-20-17(24-16)25-12(3)15(21)18-14-4-5-26(22,23)9-14/h6-8,12,14H,4-5,9H2,1-3H3,(H,18,21)/t12-,14-/m1/s1. The van der Waals surface area contributed by atoms with E-state index < -0.39 is 15.1 Å². The Hall–Kier alpha value is -1.87. The number of aryl methyl sites for hydroxylation is 2. The van der Waals surface area contributed by atoms with Crippen LogP contribution in [0.1, 0.15) is 24.5 Å². The fourth-order valence-electron chi connectivity index (χ4n) is 2.90. The quantitative estimate of drug-likeness (QED) is 0.774. The van der Waals surface area contributed by atoms with E-state index in [-0.39, 0.29) is 23.5 Å². The second-order valence-electron chi connectivity index (χ2n) is 6.62. The number of carbonyl (C=O) groups excluding carboxylic acids is 1. The van der Waals surface area contributed by atoms with Gasteiger partial charge in [-0.25, -0.2) is 8.42 Å². The van der Waals surface area contributed by atoms with Gasteiger partial charge in [0.2, 0.25) is 11.8 Å². The molecule has 0 spiro atoms. The summed E-state index contributed by atoms with van der Waals surface area (Å²) < 4.78 is 28.6. The van der Waals surface area contributed by atoms with Crippen molar-refractivity contribution in [2.45, 2.75) is 43.7 Å². The molecule has 26 heavy (non-hydrogen) atoms. The lowest BCUT2D eigenvalue weighted by atomic mass is 10.1. The van der Waals surface area contributed by atoms with Gasteiger partial charge in [0, 0.05) is 11.6 Å². The molecule has 9 heteroatoms. The average molecular weight is 396 g/mol. The van der Waals surface area contributed by atoms with Crippen LogP contribution in [0.4, 0.5) is 0 Å². The largest absolute Gasteiger partial charge is 0.411 e. The van der Waals surface area contributed by atoms with Gasteiger partial charge in [0.25, 0.3) is 5.22 Å². The topological polar surface area (TPSA) is 102 Å². The van der Waals surface area contributed by atoms with Crippen molar-refractivity contribution in [1.82, 2.24) is 15.5 Å². The van der Waals surface area contributed by atoms with E-state index >= 15 is 0 Å². The van der Waals surface area contributed by atoms with Crippen LogP contribution in [0.25, 0.3) is 11.5 Å². The van der Waals surface area contributed by atoms with Gasteiger partial charge in [0.15, 0.2) is 9.84 Å². The van der Waals surface area contributed by atoms with Gasteiger partial charge in [-0.2, -0.15) is 0 Å². The highest BCUT2D eigenvalue weighted by Crippen LogP contribution is 2.27. The van der Waals surface area contributed by atoms with Gasteiger partial charge in [-0.3, -0.25) is 4.79 Å². The first-order valence-electron chi connectivity index (χ1n) is 8.31. The Balaban J connectivity index is 1.62. The molecule has 1 N–H and O–H groups in total. The first-order chi connectivity index (χ1) is 12.2. The summed E-state index contributed by atoms with van der Waals surface area (Å²) >= 11 is 1.16. The molecule has 2 heterocycles. The second kappa shape index (κ2) is 7.40. The fourth-order valence-corrected chi connectivity index (χ4v) is 5.27. The summed E-state index contributed by atoms with van der Waals surface area (Å²) in [7, 11) is -3.02. The minimum absolute atomic E-state index is 0.00748. The Bertz CT molecular complexity index is 904. The van der Waals surface area contributed by atoms with E-state index in [0.29, 0.717) is 17.5 Å². The summed E-state index contributed by atoms with van der Waals surface area (Å²) in [5.41, 5.74) is 3.05. The first kappa shape index (κ1) is 18.9. The van der Waals surface area contributed by atoms with Crippen LogP contribution in [-0.4, -0.2) is 47.3 Å². The van der Waals surface area contributed by atoms with Gasteiger partial charge in [0.05, 0.1) is 16.8 Å². The number of carbonyl (C=O) groups is 1. The van der Waals surface area contributed by atoms with Crippen molar-refractivity contribution in [3.8, 4) is 11.5 Å². The number of aromatic nitrogens is 2. The van der Waals surface area contributed by atoms with Crippen LogP contribution in [0.5, 0.6) is 0 Å². The molecule has 0 bridgehead atoms. The molecule has 2 atom stereocenters. The molecule has 1 saturated heterocycles. The van der Waals surface area contributed by atoms with Crippen LogP contribution in [0, 0.1) is 13.8 Å². The minimum Gasteiger partial charge on any atom is -0.411 e. The molecule has 3 rings (SSSR count).